The lowest BCUT2D eigenvalue weighted by Crippen LogP contribution is -2.40. The maximum atomic E-state index is 12.2. The van der Waals surface area contributed by atoms with Gasteiger partial charge in [-0.1, -0.05) is 28.1 Å². The fourth-order valence-electron chi connectivity index (χ4n) is 2.63. The highest BCUT2D eigenvalue weighted by Gasteiger charge is 2.21. The van der Waals surface area contributed by atoms with Gasteiger partial charge in [0.05, 0.1) is 6.07 Å². The first-order valence-corrected chi connectivity index (χ1v) is 8.74. The van der Waals surface area contributed by atoms with Crippen LogP contribution >= 0.6 is 15.9 Å². The number of likely N-dealkylation sites (tertiary alicyclic amines) is 1. The van der Waals surface area contributed by atoms with E-state index in [0.29, 0.717) is 25.6 Å². The van der Waals surface area contributed by atoms with Gasteiger partial charge in [-0.05, 0) is 42.5 Å². The second kappa shape index (κ2) is 9.24. The average Bonchev–Trinajstić information content (AvgIpc) is 2.59. The Hall–Kier alpha value is -2.13. The molecule has 0 aliphatic carbocycles. The number of hydrogen-bond donors (Lipinski definition) is 1. The normalized spacial score (nSPS) is 15.2. The quantitative estimate of drug-likeness (QED) is 0.786. The smallest absolute Gasteiger partial charge is 0.246 e. The van der Waals surface area contributed by atoms with E-state index in [1.165, 1.54) is 0 Å². The fraction of sp³-hybridized carbons (Fsp3) is 0.389. The van der Waals surface area contributed by atoms with Crippen molar-refractivity contribution in [3.63, 3.8) is 0 Å². The van der Waals surface area contributed by atoms with Gasteiger partial charge < -0.3 is 10.2 Å². The summed E-state index contributed by atoms with van der Waals surface area (Å²) in [6, 6.07) is 9.61. The monoisotopic (exact) mass is 389 g/mol. The molecule has 1 heterocycles. The van der Waals surface area contributed by atoms with Crippen LogP contribution in [0.3, 0.4) is 0 Å². The molecule has 0 atom stereocenters. The Balaban J connectivity index is 1.76. The number of nitrogens with one attached hydrogen (secondary N) is 1. The molecule has 1 aliphatic heterocycles. The number of nitriles is 1. The van der Waals surface area contributed by atoms with Crippen molar-refractivity contribution in [3.8, 4) is 6.07 Å². The summed E-state index contributed by atoms with van der Waals surface area (Å²) < 4.78 is 0.983. The first-order chi connectivity index (χ1) is 11.6. The standard InChI is InChI=1S/C18H20BrN3O2/c19-16-3-1-2-14(12-16)4-5-18(24)22-10-7-15(8-11-22)13-21-17(23)6-9-20/h1-5,12,15H,6-8,10-11,13H2,(H,21,23)/b5-4+. The summed E-state index contributed by atoms with van der Waals surface area (Å²) in [4.78, 5) is 25.4. The van der Waals surface area contributed by atoms with Gasteiger partial charge in [-0.25, -0.2) is 0 Å². The second-order valence-corrected chi connectivity index (χ2v) is 6.71. The Labute approximate surface area is 150 Å². The maximum Gasteiger partial charge on any atom is 0.246 e. The van der Waals surface area contributed by atoms with Crippen LogP contribution in [0.4, 0.5) is 0 Å². The zero-order valence-corrected chi connectivity index (χ0v) is 15.0. The van der Waals surface area contributed by atoms with E-state index >= 15 is 0 Å². The van der Waals surface area contributed by atoms with Crippen molar-refractivity contribution in [2.45, 2.75) is 19.3 Å². The van der Waals surface area contributed by atoms with Crippen molar-refractivity contribution < 1.29 is 9.59 Å². The third-order valence-corrected chi connectivity index (χ3v) is 4.51. The minimum absolute atomic E-state index is 0.0157. The van der Waals surface area contributed by atoms with E-state index < -0.39 is 0 Å². The van der Waals surface area contributed by atoms with E-state index in [1.54, 1.807) is 6.08 Å². The van der Waals surface area contributed by atoms with Gasteiger partial charge in [0.1, 0.15) is 6.42 Å². The molecule has 1 aromatic rings. The lowest BCUT2D eigenvalue weighted by Gasteiger charge is -2.31. The Morgan fingerprint density at radius 3 is 2.79 bits per heavy atom. The number of carbonyl (C=O) groups is 2. The van der Waals surface area contributed by atoms with Crippen LogP contribution in [0.25, 0.3) is 6.08 Å². The van der Waals surface area contributed by atoms with Gasteiger partial charge in [-0.15, -0.1) is 0 Å². The molecule has 0 radical (unpaired) electrons. The molecule has 0 saturated carbocycles. The summed E-state index contributed by atoms with van der Waals surface area (Å²) in [7, 11) is 0. The molecule has 0 spiro atoms. The van der Waals surface area contributed by atoms with Crippen molar-refractivity contribution >= 4 is 33.8 Å². The van der Waals surface area contributed by atoms with E-state index in [9.17, 15) is 9.59 Å². The number of piperidine rings is 1. The molecule has 126 valence electrons. The van der Waals surface area contributed by atoms with Gasteiger partial charge in [0, 0.05) is 30.2 Å². The molecule has 24 heavy (non-hydrogen) atoms. The molecule has 1 N–H and O–H groups in total. The van der Waals surface area contributed by atoms with Crippen LogP contribution in [0.5, 0.6) is 0 Å². The zero-order valence-electron chi connectivity index (χ0n) is 13.4. The largest absolute Gasteiger partial charge is 0.355 e. The Morgan fingerprint density at radius 1 is 1.38 bits per heavy atom. The highest BCUT2D eigenvalue weighted by Crippen LogP contribution is 2.17. The number of hydrogen-bond acceptors (Lipinski definition) is 3. The summed E-state index contributed by atoms with van der Waals surface area (Å²) in [5.74, 6) is 0.153. The molecular formula is C18H20BrN3O2. The third-order valence-electron chi connectivity index (χ3n) is 4.02. The molecule has 1 aromatic carbocycles. The molecule has 0 unspecified atom stereocenters. The van der Waals surface area contributed by atoms with Crippen LogP contribution in [0.2, 0.25) is 0 Å². The number of carbonyl (C=O) groups excluding carboxylic acids is 2. The highest BCUT2D eigenvalue weighted by molar-refractivity contribution is 9.10. The molecule has 1 aliphatic rings. The lowest BCUT2D eigenvalue weighted by molar-refractivity contribution is -0.127. The van der Waals surface area contributed by atoms with Gasteiger partial charge >= 0.3 is 0 Å². The fourth-order valence-corrected chi connectivity index (χ4v) is 3.05. The molecule has 2 amide bonds. The number of nitrogens with zero attached hydrogens (tertiary/aromatic N) is 2. The molecular weight excluding hydrogens is 370 g/mol. The van der Waals surface area contributed by atoms with E-state index in [4.69, 9.17) is 5.26 Å². The van der Waals surface area contributed by atoms with E-state index in [1.807, 2.05) is 41.3 Å². The SMILES string of the molecule is N#CCC(=O)NCC1CCN(C(=O)/C=C/c2cccc(Br)c2)CC1. The molecule has 1 saturated heterocycles. The van der Waals surface area contributed by atoms with Crippen molar-refractivity contribution in [3.05, 3.63) is 40.4 Å². The molecule has 0 aromatic heterocycles. The molecule has 6 heteroatoms. The third kappa shape index (κ3) is 5.82. The summed E-state index contributed by atoms with van der Waals surface area (Å²) in [6.07, 6.45) is 5.06. The zero-order chi connectivity index (χ0) is 17.4. The average molecular weight is 390 g/mol. The van der Waals surface area contributed by atoms with Crippen LogP contribution in [0, 0.1) is 17.2 Å². The highest BCUT2D eigenvalue weighted by atomic mass is 79.9. The van der Waals surface area contributed by atoms with Crippen LogP contribution in [-0.2, 0) is 9.59 Å². The van der Waals surface area contributed by atoms with Crippen molar-refractivity contribution in [2.24, 2.45) is 5.92 Å². The predicted molar refractivity (Wildman–Crippen MR) is 95.7 cm³/mol. The first kappa shape index (κ1) is 18.2. The number of amides is 2. The minimum Gasteiger partial charge on any atom is -0.355 e. The second-order valence-electron chi connectivity index (χ2n) is 5.80. The maximum absolute atomic E-state index is 12.2. The number of rotatable bonds is 5. The van der Waals surface area contributed by atoms with Gasteiger partial charge in [-0.3, -0.25) is 9.59 Å². The Morgan fingerprint density at radius 2 is 2.12 bits per heavy atom. The van der Waals surface area contributed by atoms with Crippen molar-refractivity contribution in [1.29, 1.82) is 5.26 Å². The van der Waals surface area contributed by atoms with Gasteiger partial charge in [-0.2, -0.15) is 5.26 Å². The molecule has 2 rings (SSSR count). The summed E-state index contributed by atoms with van der Waals surface area (Å²) >= 11 is 3.41. The minimum atomic E-state index is -0.229. The Kier molecular flexibility index (Phi) is 7.01. The summed E-state index contributed by atoms with van der Waals surface area (Å²) in [5, 5.41) is 11.2. The van der Waals surface area contributed by atoms with E-state index in [0.717, 1.165) is 22.9 Å². The first-order valence-electron chi connectivity index (χ1n) is 7.94. The summed E-state index contributed by atoms with van der Waals surface area (Å²) in [5.41, 5.74) is 0.979. The topological polar surface area (TPSA) is 73.2 Å². The lowest BCUT2D eigenvalue weighted by atomic mass is 9.96. The van der Waals surface area contributed by atoms with Crippen molar-refractivity contribution in [1.82, 2.24) is 10.2 Å². The van der Waals surface area contributed by atoms with Crippen LogP contribution in [-0.4, -0.2) is 36.3 Å². The predicted octanol–water partition coefficient (Wildman–Crippen LogP) is 2.73. The van der Waals surface area contributed by atoms with Crippen LogP contribution in [0.15, 0.2) is 34.8 Å². The molecule has 5 nitrogen and oxygen atoms in total. The van der Waals surface area contributed by atoms with Crippen molar-refractivity contribution in [2.75, 3.05) is 19.6 Å². The number of halogens is 1. The van der Waals surface area contributed by atoms with Gasteiger partial charge in [0.25, 0.3) is 0 Å². The van der Waals surface area contributed by atoms with Crippen LogP contribution < -0.4 is 5.32 Å². The summed E-state index contributed by atoms with van der Waals surface area (Å²) in [6.45, 7) is 1.97. The molecule has 0 bridgehead atoms. The Bertz CT molecular complexity index is 658. The molecule has 1 fully saturated rings. The van der Waals surface area contributed by atoms with Crippen LogP contribution in [0.1, 0.15) is 24.8 Å². The van der Waals surface area contributed by atoms with E-state index in [-0.39, 0.29) is 18.2 Å². The number of benzene rings is 1. The van der Waals surface area contributed by atoms with E-state index in [2.05, 4.69) is 21.2 Å². The van der Waals surface area contributed by atoms with Gasteiger partial charge in [0.2, 0.25) is 11.8 Å². The van der Waals surface area contributed by atoms with Gasteiger partial charge in [0.15, 0.2) is 0 Å².